The average Bonchev–Trinajstić information content (AvgIpc) is 2.24. The molecular weight excluding hydrogens is 246 g/mol. The van der Waals surface area contributed by atoms with Gasteiger partial charge >= 0.3 is 5.97 Å². The van der Waals surface area contributed by atoms with E-state index >= 15 is 0 Å². The van der Waals surface area contributed by atoms with Gasteiger partial charge in [-0.1, -0.05) is 17.7 Å². The first-order valence-corrected chi connectivity index (χ1v) is 6.28. The number of likely N-dealkylation sites (N-methyl/N-ethyl adjacent to an activating group) is 1. The van der Waals surface area contributed by atoms with Gasteiger partial charge in [0.1, 0.15) is 6.04 Å². The van der Waals surface area contributed by atoms with E-state index in [1.807, 2.05) is 24.3 Å². The van der Waals surface area contributed by atoms with E-state index in [1.165, 1.54) is 0 Å². The Balaban J connectivity index is 2.38. The van der Waals surface area contributed by atoms with Crippen LogP contribution in [0, 0.1) is 0 Å². The van der Waals surface area contributed by atoms with Gasteiger partial charge in [-0.05, 0) is 31.7 Å². The zero-order valence-electron chi connectivity index (χ0n) is 8.94. The van der Waals surface area contributed by atoms with E-state index in [1.54, 1.807) is 18.8 Å². The zero-order valence-corrected chi connectivity index (χ0v) is 10.5. The first-order chi connectivity index (χ1) is 7.63. The maximum Gasteiger partial charge on any atom is 0.320 e. The molecule has 2 N–H and O–H groups in total. The Labute approximate surface area is 104 Å². The number of carboxylic acids is 1. The number of aliphatic carboxylic acids is 1. The summed E-state index contributed by atoms with van der Waals surface area (Å²) in [6, 6.07) is 7.07. The predicted octanol–water partition coefficient (Wildman–Crippen LogP) is 2.49. The Morgan fingerprint density at radius 3 is 2.94 bits per heavy atom. The van der Waals surface area contributed by atoms with E-state index in [0.717, 1.165) is 10.6 Å². The normalized spacial score (nSPS) is 12.4. The second kappa shape index (κ2) is 6.78. The van der Waals surface area contributed by atoms with Gasteiger partial charge in [-0.15, -0.1) is 11.8 Å². The highest BCUT2D eigenvalue weighted by Gasteiger charge is 2.13. The van der Waals surface area contributed by atoms with Crippen molar-refractivity contribution < 1.29 is 9.90 Å². The summed E-state index contributed by atoms with van der Waals surface area (Å²) in [6.45, 7) is 0. The molecule has 16 heavy (non-hydrogen) atoms. The van der Waals surface area contributed by atoms with Gasteiger partial charge in [-0.25, -0.2) is 0 Å². The Morgan fingerprint density at radius 2 is 2.38 bits per heavy atom. The monoisotopic (exact) mass is 259 g/mol. The summed E-state index contributed by atoms with van der Waals surface area (Å²) in [5, 5.41) is 12.3. The molecule has 0 radical (unpaired) electrons. The summed E-state index contributed by atoms with van der Waals surface area (Å²) in [6.07, 6.45) is 0.586. The standard InChI is InChI=1S/C11H14ClNO2S/c1-13-10(11(14)15)5-6-16-9-4-2-3-8(12)7-9/h2-4,7,10,13H,5-6H2,1H3,(H,14,15). The second-order valence-corrected chi connectivity index (χ2v) is 4.88. The Morgan fingerprint density at radius 1 is 1.62 bits per heavy atom. The quantitative estimate of drug-likeness (QED) is 0.771. The SMILES string of the molecule is CNC(CCSc1cccc(Cl)c1)C(=O)O. The van der Waals surface area contributed by atoms with Gasteiger partial charge in [-0.2, -0.15) is 0 Å². The number of thioether (sulfide) groups is 1. The molecule has 0 aliphatic carbocycles. The van der Waals surface area contributed by atoms with Crippen LogP contribution in [0.15, 0.2) is 29.2 Å². The minimum atomic E-state index is -0.811. The van der Waals surface area contributed by atoms with Gasteiger partial charge in [0, 0.05) is 15.7 Å². The largest absolute Gasteiger partial charge is 0.480 e. The Bertz CT molecular complexity index is 360. The summed E-state index contributed by atoms with van der Waals surface area (Å²) >= 11 is 7.45. The van der Waals surface area contributed by atoms with E-state index < -0.39 is 12.0 Å². The number of hydrogen-bond donors (Lipinski definition) is 2. The number of rotatable bonds is 6. The van der Waals surface area contributed by atoms with E-state index in [2.05, 4.69) is 5.32 Å². The topological polar surface area (TPSA) is 49.3 Å². The molecule has 0 heterocycles. The highest BCUT2D eigenvalue weighted by atomic mass is 35.5. The lowest BCUT2D eigenvalue weighted by Gasteiger charge is -2.10. The molecule has 0 spiro atoms. The van der Waals surface area contributed by atoms with Crippen LogP contribution in [-0.4, -0.2) is 29.9 Å². The van der Waals surface area contributed by atoms with Gasteiger partial charge in [-0.3, -0.25) is 4.79 Å². The molecule has 1 unspecified atom stereocenters. The predicted molar refractivity (Wildman–Crippen MR) is 67.3 cm³/mol. The molecule has 0 bridgehead atoms. The van der Waals surface area contributed by atoms with Crippen LogP contribution in [0.4, 0.5) is 0 Å². The molecular formula is C11H14ClNO2S. The van der Waals surface area contributed by atoms with Crippen LogP contribution < -0.4 is 5.32 Å². The molecule has 0 saturated heterocycles. The first kappa shape index (κ1) is 13.4. The average molecular weight is 260 g/mol. The van der Waals surface area contributed by atoms with Crippen LogP contribution in [0.25, 0.3) is 0 Å². The third kappa shape index (κ3) is 4.43. The second-order valence-electron chi connectivity index (χ2n) is 3.27. The summed E-state index contributed by atoms with van der Waals surface area (Å²) in [5.74, 6) is -0.0628. The van der Waals surface area contributed by atoms with Crippen LogP contribution in [0.2, 0.25) is 5.02 Å². The number of carbonyl (C=O) groups is 1. The van der Waals surface area contributed by atoms with Crippen molar-refractivity contribution in [2.24, 2.45) is 0 Å². The van der Waals surface area contributed by atoms with E-state index in [9.17, 15) is 4.79 Å². The van der Waals surface area contributed by atoms with Crippen LogP contribution in [-0.2, 0) is 4.79 Å². The van der Waals surface area contributed by atoms with Crippen molar-refractivity contribution in [3.05, 3.63) is 29.3 Å². The highest BCUT2D eigenvalue weighted by Crippen LogP contribution is 2.22. The molecule has 0 aliphatic rings. The molecule has 0 aliphatic heterocycles. The molecule has 0 fully saturated rings. The third-order valence-electron chi connectivity index (χ3n) is 2.12. The highest BCUT2D eigenvalue weighted by molar-refractivity contribution is 7.99. The van der Waals surface area contributed by atoms with Crippen molar-refractivity contribution in [1.82, 2.24) is 5.32 Å². The smallest absolute Gasteiger partial charge is 0.320 e. The lowest BCUT2D eigenvalue weighted by molar-refractivity contribution is -0.139. The molecule has 0 amide bonds. The van der Waals surface area contributed by atoms with Crippen LogP contribution in [0.5, 0.6) is 0 Å². The summed E-state index contributed by atoms with van der Waals surface area (Å²) in [4.78, 5) is 11.8. The molecule has 5 heteroatoms. The van der Waals surface area contributed by atoms with Crippen molar-refractivity contribution in [3.63, 3.8) is 0 Å². The molecule has 0 aromatic heterocycles. The number of nitrogens with one attached hydrogen (secondary N) is 1. The molecule has 1 aromatic rings. The summed E-state index contributed by atoms with van der Waals surface area (Å²) < 4.78 is 0. The molecule has 1 rings (SSSR count). The Kier molecular flexibility index (Phi) is 5.66. The van der Waals surface area contributed by atoms with Crippen molar-refractivity contribution in [1.29, 1.82) is 0 Å². The first-order valence-electron chi connectivity index (χ1n) is 4.92. The minimum Gasteiger partial charge on any atom is -0.480 e. The van der Waals surface area contributed by atoms with Crippen LogP contribution in [0.1, 0.15) is 6.42 Å². The van der Waals surface area contributed by atoms with Gasteiger partial charge in [0.2, 0.25) is 0 Å². The lowest BCUT2D eigenvalue weighted by atomic mass is 10.2. The molecule has 3 nitrogen and oxygen atoms in total. The maximum absolute atomic E-state index is 10.7. The van der Waals surface area contributed by atoms with Crippen molar-refractivity contribution in [3.8, 4) is 0 Å². The fourth-order valence-corrected chi connectivity index (χ4v) is 2.47. The fourth-order valence-electron chi connectivity index (χ4n) is 1.24. The van der Waals surface area contributed by atoms with Gasteiger partial charge in [0.25, 0.3) is 0 Å². The number of hydrogen-bond acceptors (Lipinski definition) is 3. The minimum absolute atomic E-state index is 0.480. The summed E-state index contributed by atoms with van der Waals surface area (Å²) in [7, 11) is 1.66. The number of carboxylic acid groups (broad SMARTS) is 1. The fraction of sp³-hybridized carbons (Fsp3) is 0.364. The molecule has 88 valence electrons. The maximum atomic E-state index is 10.7. The van der Waals surface area contributed by atoms with Gasteiger partial charge < -0.3 is 10.4 Å². The molecule has 1 aromatic carbocycles. The van der Waals surface area contributed by atoms with E-state index in [4.69, 9.17) is 16.7 Å². The number of benzene rings is 1. The van der Waals surface area contributed by atoms with Crippen LogP contribution in [0.3, 0.4) is 0 Å². The van der Waals surface area contributed by atoms with Gasteiger partial charge in [0.15, 0.2) is 0 Å². The van der Waals surface area contributed by atoms with Crippen LogP contribution >= 0.6 is 23.4 Å². The zero-order chi connectivity index (χ0) is 12.0. The van der Waals surface area contributed by atoms with E-state index in [-0.39, 0.29) is 0 Å². The number of halogens is 1. The van der Waals surface area contributed by atoms with Crippen molar-refractivity contribution in [2.45, 2.75) is 17.4 Å². The Hall–Kier alpha value is -0.710. The van der Waals surface area contributed by atoms with Crippen molar-refractivity contribution >= 4 is 29.3 Å². The molecule has 0 saturated carbocycles. The summed E-state index contributed by atoms with van der Waals surface area (Å²) in [5.41, 5.74) is 0. The van der Waals surface area contributed by atoms with Gasteiger partial charge in [0.05, 0.1) is 0 Å². The third-order valence-corrected chi connectivity index (χ3v) is 3.38. The lowest BCUT2D eigenvalue weighted by Crippen LogP contribution is -2.34. The van der Waals surface area contributed by atoms with E-state index in [0.29, 0.717) is 11.4 Å². The van der Waals surface area contributed by atoms with Crippen molar-refractivity contribution in [2.75, 3.05) is 12.8 Å². The molecule has 1 atom stereocenters.